The summed E-state index contributed by atoms with van der Waals surface area (Å²) in [6.07, 6.45) is 3.32. The Morgan fingerprint density at radius 1 is 1.40 bits per heavy atom. The van der Waals surface area contributed by atoms with Crippen LogP contribution in [0, 0.1) is 6.92 Å². The lowest BCUT2D eigenvalue weighted by atomic mass is 10.2. The third kappa shape index (κ3) is 3.57. The molecule has 0 saturated carbocycles. The maximum absolute atomic E-state index is 12.5. The topological polar surface area (TPSA) is 97.8 Å². The summed E-state index contributed by atoms with van der Waals surface area (Å²) in [5, 5.41) is 0.894. The predicted molar refractivity (Wildman–Crippen MR) is 97.2 cm³/mol. The van der Waals surface area contributed by atoms with Crippen molar-refractivity contribution in [1.29, 1.82) is 0 Å². The number of carbonyl (C=O) groups is 1. The van der Waals surface area contributed by atoms with Crippen molar-refractivity contribution in [3.63, 3.8) is 0 Å². The molecule has 0 amide bonds. The zero-order valence-corrected chi connectivity index (χ0v) is 15.5. The van der Waals surface area contributed by atoms with Gasteiger partial charge in [-0.05, 0) is 32.4 Å². The second kappa shape index (κ2) is 7.32. The van der Waals surface area contributed by atoms with Gasteiger partial charge < -0.3 is 9.72 Å². The van der Waals surface area contributed by atoms with Gasteiger partial charge in [0.25, 0.3) is 5.56 Å². The molecule has 1 unspecified atom stereocenters. The van der Waals surface area contributed by atoms with Gasteiger partial charge in [-0.3, -0.25) is 4.79 Å². The van der Waals surface area contributed by atoms with Crippen LogP contribution in [0.3, 0.4) is 0 Å². The molecule has 0 saturated heterocycles. The van der Waals surface area contributed by atoms with E-state index in [2.05, 4.69) is 19.9 Å². The molecule has 0 radical (unpaired) electrons. The van der Waals surface area contributed by atoms with Crippen LogP contribution < -0.4 is 5.56 Å². The van der Waals surface area contributed by atoms with Gasteiger partial charge in [0.15, 0.2) is 5.16 Å². The molecule has 9 heteroatoms. The minimum absolute atomic E-state index is 0.145. The Kier molecular flexibility index (Phi) is 5.14. The summed E-state index contributed by atoms with van der Waals surface area (Å²) in [6, 6.07) is 1.74. The summed E-state index contributed by atoms with van der Waals surface area (Å²) in [4.78, 5) is 41.1. The number of aromatic amines is 1. The molecule has 3 rings (SSSR count). The zero-order chi connectivity index (χ0) is 18.0. The second-order valence-corrected chi connectivity index (χ2v) is 7.51. The van der Waals surface area contributed by atoms with Gasteiger partial charge >= 0.3 is 5.97 Å². The van der Waals surface area contributed by atoms with Crippen LogP contribution in [0.2, 0.25) is 0 Å². The third-order valence-electron chi connectivity index (χ3n) is 3.49. The van der Waals surface area contributed by atoms with Crippen molar-refractivity contribution in [1.82, 2.24) is 19.9 Å². The second-order valence-electron chi connectivity index (χ2n) is 5.20. The van der Waals surface area contributed by atoms with E-state index in [9.17, 15) is 9.59 Å². The van der Waals surface area contributed by atoms with Crippen molar-refractivity contribution in [2.45, 2.75) is 31.2 Å². The molecule has 0 spiro atoms. The number of hydrogen-bond donors (Lipinski definition) is 1. The number of fused-ring (bicyclic) bond motifs is 1. The van der Waals surface area contributed by atoms with Crippen LogP contribution in [0.5, 0.6) is 0 Å². The summed E-state index contributed by atoms with van der Waals surface area (Å²) < 4.78 is 5.05. The monoisotopic (exact) mass is 376 g/mol. The van der Waals surface area contributed by atoms with Crippen molar-refractivity contribution in [2.24, 2.45) is 0 Å². The van der Waals surface area contributed by atoms with Crippen molar-refractivity contribution >= 4 is 39.3 Å². The Balaban J connectivity index is 1.98. The first kappa shape index (κ1) is 17.6. The van der Waals surface area contributed by atoms with E-state index in [0.717, 1.165) is 0 Å². The average Bonchev–Trinajstić information content (AvgIpc) is 2.93. The summed E-state index contributed by atoms with van der Waals surface area (Å²) in [6.45, 7) is 5.68. The number of aromatic nitrogens is 4. The molecule has 0 aromatic carbocycles. The van der Waals surface area contributed by atoms with Gasteiger partial charge in [-0.25, -0.2) is 19.7 Å². The summed E-state index contributed by atoms with van der Waals surface area (Å²) >= 11 is 2.58. The lowest BCUT2D eigenvalue weighted by Gasteiger charge is -2.08. The molecule has 0 bridgehead atoms. The molecule has 130 valence electrons. The third-order valence-corrected chi connectivity index (χ3v) is 5.65. The average molecular weight is 376 g/mol. The number of carbonyl (C=O) groups excluding carboxylic acids is 1. The number of H-pyrrole nitrogens is 1. The van der Waals surface area contributed by atoms with E-state index in [1.807, 2.05) is 6.92 Å². The number of nitrogens with zero attached hydrogens (tertiary/aromatic N) is 3. The minimum atomic E-state index is -0.427. The van der Waals surface area contributed by atoms with Crippen LogP contribution in [-0.2, 0) is 4.74 Å². The Labute approximate surface area is 151 Å². The highest BCUT2D eigenvalue weighted by Gasteiger charge is 2.21. The number of esters is 1. The molecular formula is C16H16N4O3S2. The fraction of sp³-hybridized carbons (Fsp3) is 0.312. The van der Waals surface area contributed by atoms with E-state index >= 15 is 0 Å². The fourth-order valence-corrected chi connectivity index (χ4v) is 4.17. The smallest absolute Gasteiger partial charge is 0.348 e. The van der Waals surface area contributed by atoms with Crippen molar-refractivity contribution < 1.29 is 9.53 Å². The summed E-state index contributed by atoms with van der Waals surface area (Å²) in [5.74, 6) is 0.0932. The minimum Gasteiger partial charge on any atom is -0.462 e. The molecule has 0 aliphatic rings. The normalized spacial score (nSPS) is 12.3. The molecule has 3 aromatic heterocycles. The Hall–Kier alpha value is -2.26. The maximum Gasteiger partial charge on any atom is 0.348 e. The van der Waals surface area contributed by atoms with Crippen molar-refractivity contribution in [2.75, 3.05) is 6.61 Å². The molecule has 7 nitrogen and oxygen atoms in total. The van der Waals surface area contributed by atoms with E-state index in [0.29, 0.717) is 31.6 Å². The molecule has 3 aromatic rings. The number of thiophene rings is 1. The van der Waals surface area contributed by atoms with Gasteiger partial charge in [0.1, 0.15) is 15.5 Å². The van der Waals surface area contributed by atoms with Crippen molar-refractivity contribution in [3.05, 3.63) is 45.1 Å². The predicted octanol–water partition coefficient (Wildman–Crippen LogP) is 3.11. The number of rotatable bonds is 5. The van der Waals surface area contributed by atoms with Gasteiger partial charge in [-0.2, -0.15) is 0 Å². The van der Waals surface area contributed by atoms with Gasteiger partial charge in [0.05, 0.1) is 17.2 Å². The Bertz CT molecular complexity index is 969. The number of nitrogens with one attached hydrogen (secondary N) is 1. The molecule has 0 aliphatic carbocycles. The number of hydrogen-bond acceptors (Lipinski definition) is 8. The van der Waals surface area contributed by atoms with Crippen molar-refractivity contribution in [3.8, 4) is 0 Å². The van der Waals surface area contributed by atoms with E-state index in [4.69, 9.17) is 4.74 Å². The molecule has 1 N–H and O–H groups in total. The van der Waals surface area contributed by atoms with Crippen LogP contribution in [0.4, 0.5) is 0 Å². The van der Waals surface area contributed by atoms with Crippen LogP contribution >= 0.6 is 23.1 Å². The lowest BCUT2D eigenvalue weighted by molar-refractivity contribution is 0.0531. The number of ether oxygens (including phenoxy) is 1. The molecule has 25 heavy (non-hydrogen) atoms. The molecular weight excluding hydrogens is 360 g/mol. The van der Waals surface area contributed by atoms with Gasteiger partial charge in [-0.1, -0.05) is 11.8 Å². The highest BCUT2D eigenvalue weighted by Crippen LogP contribution is 2.33. The summed E-state index contributed by atoms with van der Waals surface area (Å²) in [5.41, 5.74) is 0.344. The van der Waals surface area contributed by atoms with Crippen LogP contribution in [0.1, 0.15) is 40.2 Å². The van der Waals surface area contributed by atoms with E-state index in [-0.39, 0.29) is 17.4 Å². The Morgan fingerprint density at radius 3 is 2.80 bits per heavy atom. The number of thioether (sulfide) groups is 1. The van der Waals surface area contributed by atoms with Gasteiger partial charge in [0.2, 0.25) is 0 Å². The van der Waals surface area contributed by atoms with E-state index < -0.39 is 5.97 Å². The van der Waals surface area contributed by atoms with Gasteiger partial charge in [0, 0.05) is 12.4 Å². The van der Waals surface area contributed by atoms with Gasteiger partial charge in [-0.15, -0.1) is 11.3 Å². The number of aryl methyl sites for hydroxylation is 1. The first-order chi connectivity index (χ1) is 12.0. The maximum atomic E-state index is 12.5. The SMILES string of the molecule is CCOC(=O)c1sc2nc(C(C)Sc3ncccn3)[nH]c(=O)c2c1C. The molecule has 3 heterocycles. The first-order valence-corrected chi connectivity index (χ1v) is 9.35. The highest BCUT2D eigenvalue weighted by molar-refractivity contribution is 7.99. The lowest BCUT2D eigenvalue weighted by Crippen LogP contribution is -2.13. The summed E-state index contributed by atoms with van der Waals surface area (Å²) in [7, 11) is 0. The highest BCUT2D eigenvalue weighted by atomic mass is 32.2. The quantitative estimate of drug-likeness (QED) is 0.415. The van der Waals surface area contributed by atoms with E-state index in [1.54, 1.807) is 32.3 Å². The van der Waals surface area contributed by atoms with Crippen LogP contribution in [0.15, 0.2) is 28.4 Å². The molecule has 1 atom stereocenters. The molecule has 0 aliphatic heterocycles. The van der Waals surface area contributed by atoms with Crippen LogP contribution in [-0.4, -0.2) is 32.5 Å². The Morgan fingerprint density at radius 2 is 2.12 bits per heavy atom. The zero-order valence-electron chi connectivity index (χ0n) is 13.9. The largest absolute Gasteiger partial charge is 0.462 e. The van der Waals surface area contributed by atoms with E-state index in [1.165, 1.54) is 23.1 Å². The standard InChI is InChI=1S/C16H16N4O3S2/c1-4-23-15(22)11-8(2)10-13(21)19-12(20-14(10)25-11)9(3)24-16-17-6-5-7-18-16/h5-7,9H,4H2,1-3H3,(H,19,20,21). The molecule has 0 fully saturated rings. The van der Waals surface area contributed by atoms with Crippen LogP contribution in [0.25, 0.3) is 10.2 Å². The first-order valence-electron chi connectivity index (χ1n) is 7.65. The fourth-order valence-electron chi connectivity index (χ4n) is 2.30.